The van der Waals surface area contributed by atoms with Gasteiger partial charge in [-0.25, -0.2) is 0 Å². The van der Waals surface area contributed by atoms with Crippen molar-refractivity contribution in [3.8, 4) is 0 Å². The fraction of sp³-hybridized carbons (Fsp3) is 0.800. The predicted octanol–water partition coefficient (Wildman–Crippen LogP) is 0.534. The topological polar surface area (TPSA) is 63.8 Å². The summed E-state index contributed by atoms with van der Waals surface area (Å²) >= 11 is 0. The van der Waals surface area contributed by atoms with E-state index in [0.717, 1.165) is 6.54 Å². The van der Waals surface area contributed by atoms with Crippen molar-refractivity contribution in [2.75, 3.05) is 20.3 Å². The summed E-state index contributed by atoms with van der Waals surface area (Å²) < 4.78 is 1.77. The van der Waals surface area contributed by atoms with Gasteiger partial charge in [-0.3, -0.25) is 9.89 Å². The summed E-state index contributed by atoms with van der Waals surface area (Å²) in [6, 6.07) is 0. The summed E-state index contributed by atoms with van der Waals surface area (Å²) in [6.45, 7) is 3.24. The van der Waals surface area contributed by atoms with Gasteiger partial charge in [0, 0.05) is 4.91 Å². The van der Waals surface area contributed by atoms with Gasteiger partial charge >= 0.3 is 0 Å². The number of hydrogen-bond donors (Lipinski definition) is 1. The molecule has 1 N–H and O–H groups in total. The van der Waals surface area contributed by atoms with Crippen LogP contribution in [0.2, 0.25) is 0 Å². The number of hydrogen-bond acceptors (Lipinski definition) is 1. The van der Waals surface area contributed by atoms with Crippen molar-refractivity contribution in [2.45, 2.75) is 6.92 Å². The summed E-state index contributed by atoms with van der Waals surface area (Å²) in [7, 11) is 1.83. The van der Waals surface area contributed by atoms with Crippen LogP contribution in [-0.4, -0.2) is 31.2 Å². The molecule has 0 aliphatic carbocycles. The van der Waals surface area contributed by atoms with Crippen molar-refractivity contribution < 1.29 is 4.58 Å². The van der Waals surface area contributed by atoms with Crippen LogP contribution in [0, 0.1) is 0 Å². The lowest BCUT2D eigenvalue weighted by molar-refractivity contribution is -0.492. The second kappa shape index (κ2) is 5.91. The Bertz CT molecular complexity index is 155. The Morgan fingerprint density at radius 2 is 2.50 bits per heavy atom. The molecule has 0 saturated carbocycles. The van der Waals surface area contributed by atoms with Crippen LogP contribution in [-0.2, 0) is 0 Å². The first-order chi connectivity index (χ1) is 4.81. The number of azide groups is 1. The van der Waals surface area contributed by atoms with Gasteiger partial charge < -0.3 is 0 Å². The summed E-state index contributed by atoms with van der Waals surface area (Å²) in [4.78, 5) is 2.62. The molecule has 0 bridgehead atoms. The van der Waals surface area contributed by atoms with E-state index >= 15 is 0 Å². The SMILES string of the molecule is CCN/C=[N+](\C)CN=[N+]=[N-]. The van der Waals surface area contributed by atoms with E-state index in [4.69, 9.17) is 5.53 Å². The average Bonchev–Trinajstić information content (AvgIpc) is 1.97. The minimum atomic E-state index is 0.365. The highest BCUT2D eigenvalue weighted by Crippen LogP contribution is 1.69. The van der Waals surface area contributed by atoms with Crippen molar-refractivity contribution >= 4 is 6.34 Å². The van der Waals surface area contributed by atoms with Crippen LogP contribution < -0.4 is 5.32 Å². The van der Waals surface area contributed by atoms with Crippen LogP contribution >= 0.6 is 0 Å². The Morgan fingerprint density at radius 3 is 3.00 bits per heavy atom. The van der Waals surface area contributed by atoms with Crippen LogP contribution in [0.1, 0.15) is 6.92 Å². The minimum Gasteiger partial charge on any atom is -0.281 e. The molecule has 5 heteroatoms. The molecule has 0 unspecified atom stereocenters. The second-order valence-electron chi connectivity index (χ2n) is 1.82. The lowest BCUT2D eigenvalue weighted by Gasteiger charge is -1.92. The van der Waals surface area contributed by atoms with Crippen molar-refractivity contribution in [3.05, 3.63) is 10.4 Å². The van der Waals surface area contributed by atoms with E-state index in [2.05, 4.69) is 15.3 Å². The number of rotatable bonds is 4. The maximum absolute atomic E-state index is 7.94. The second-order valence-corrected chi connectivity index (χ2v) is 1.82. The van der Waals surface area contributed by atoms with Crippen molar-refractivity contribution in [3.63, 3.8) is 0 Å². The molecule has 5 nitrogen and oxygen atoms in total. The molecule has 0 heterocycles. The Balaban J connectivity index is 3.59. The Morgan fingerprint density at radius 1 is 1.80 bits per heavy atom. The van der Waals surface area contributed by atoms with Crippen LogP contribution in [0.25, 0.3) is 10.4 Å². The summed E-state index contributed by atoms with van der Waals surface area (Å²) in [6.07, 6.45) is 1.77. The fourth-order valence-electron chi connectivity index (χ4n) is 0.416. The molecular weight excluding hydrogens is 130 g/mol. The summed E-state index contributed by atoms with van der Waals surface area (Å²) in [5, 5.41) is 6.33. The van der Waals surface area contributed by atoms with Crippen LogP contribution in [0.3, 0.4) is 0 Å². The first-order valence-electron chi connectivity index (χ1n) is 3.09. The van der Waals surface area contributed by atoms with Crippen molar-refractivity contribution in [1.29, 1.82) is 0 Å². The zero-order chi connectivity index (χ0) is 7.82. The first kappa shape index (κ1) is 8.78. The summed E-state index contributed by atoms with van der Waals surface area (Å²) in [5.41, 5.74) is 7.94. The Kier molecular flexibility index (Phi) is 5.19. The van der Waals surface area contributed by atoms with Crippen LogP contribution in [0.4, 0.5) is 0 Å². The molecule has 0 radical (unpaired) electrons. The fourth-order valence-corrected chi connectivity index (χ4v) is 0.416. The smallest absolute Gasteiger partial charge is 0.231 e. The van der Waals surface area contributed by atoms with Gasteiger partial charge in [-0.05, 0) is 17.6 Å². The van der Waals surface area contributed by atoms with Crippen molar-refractivity contribution in [2.24, 2.45) is 5.11 Å². The maximum atomic E-state index is 7.94. The van der Waals surface area contributed by atoms with Crippen molar-refractivity contribution in [1.82, 2.24) is 5.32 Å². The zero-order valence-corrected chi connectivity index (χ0v) is 6.28. The third kappa shape index (κ3) is 4.93. The van der Waals surface area contributed by atoms with Gasteiger partial charge in [-0.1, -0.05) is 0 Å². The Labute approximate surface area is 60.0 Å². The van der Waals surface area contributed by atoms with E-state index in [9.17, 15) is 0 Å². The maximum Gasteiger partial charge on any atom is 0.231 e. The third-order valence-corrected chi connectivity index (χ3v) is 0.865. The quantitative estimate of drug-likeness (QED) is 0.153. The monoisotopic (exact) mass is 142 g/mol. The lowest BCUT2D eigenvalue weighted by atomic mass is 10.8. The molecular formula is C5H12N5+. The summed E-state index contributed by atoms with van der Waals surface area (Å²) in [5.74, 6) is 0. The zero-order valence-electron chi connectivity index (χ0n) is 6.28. The molecule has 10 heavy (non-hydrogen) atoms. The van der Waals surface area contributed by atoms with E-state index < -0.39 is 0 Å². The molecule has 0 fully saturated rings. The molecule has 0 aromatic heterocycles. The van der Waals surface area contributed by atoms with Gasteiger partial charge in [0.1, 0.15) is 0 Å². The van der Waals surface area contributed by atoms with Crippen LogP contribution in [0.5, 0.6) is 0 Å². The number of nitrogens with one attached hydrogen (secondary N) is 1. The van der Waals surface area contributed by atoms with Gasteiger partial charge in [-0.15, -0.1) is 0 Å². The lowest BCUT2D eigenvalue weighted by Crippen LogP contribution is -2.19. The average molecular weight is 142 g/mol. The van der Waals surface area contributed by atoms with E-state index in [1.165, 1.54) is 0 Å². The molecule has 0 spiro atoms. The highest BCUT2D eigenvalue weighted by Gasteiger charge is 1.85. The highest BCUT2D eigenvalue weighted by atomic mass is 15.2. The standard InChI is InChI=1S/C5H11N5/c1-3-7-4-10(2)5-8-9-6/h4H,3,5H2,1-2H3/p+1. The number of nitrogens with zero attached hydrogens (tertiary/aromatic N) is 4. The van der Waals surface area contributed by atoms with Gasteiger partial charge in [0.05, 0.1) is 13.6 Å². The van der Waals surface area contributed by atoms with Crippen LogP contribution in [0.15, 0.2) is 5.11 Å². The molecule has 0 atom stereocenters. The highest BCUT2D eigenvalue weighted by molar-refractivity contribution is 5.47. The molecule has 56 valence electrons. The first-order valence-corrected chi connectivity index (χ1v) is 3.09. The van der Waals surface area contributed by atoms with E-state index in [1.54, 1.807) is 10.9 Å². The third-order valence-electron chi connectivity index (χ3n) is 0.865. The largest absolute Gasteiger partial charge is 0.281 e. The molecule has 0 amide bonds. The van der Waals surface area contributed by atoms with E-state index in [0.29, 0.717) is 6.67 Å². The molecule has 0 aromatic carbocycles. The molecule has 0 aliphatic heterocycles. The normalized spacial score (nSPS) is 10.4. The van der Waals surface area contributed by atoms with E-state index in [1.807, 2.05) is 14.0 Å². The molecule has 0 rings (SSSR count). The minimum absolute atomic E-state index is 0.365. The molecule has 0 aromatic rings. The van der Waals surface area contributed by atoms with Gasteiger partial charge in [0.25, 0.3) is 0 Å². The van der Waals surface area contributed by atoms with Gasteiger partial charge in [-0.2, -0.15) is 0 Å². The predicted molar refractivity (Wildman–Crippen MR) is 39.9 cm³/mol. The molecule has 0 aliphatic rings. The van der Waals surface area contributed by atoms with E-state index in [-0.39, 0.29) is 0 Å². The van der Waals surface area contributed by atoms with Gasteiger partial charge in [0.2, 0.25) is 6.34 Å². The van der Waals surface area contributed by atoms with Gasteiger partial charge in [0.15, 0.2) is 6.67 Å². The Hall–Kier alpha value is -1.22. The molecule has 0 saturated heterocycles.